The highest BCUT2D eigenvalue weighted by atomic mass is 16.6. The van der Waals surface area contributed by atoms with Crippen LogP contribution in [0.1, 0.15) is 17.4 Å². The van der Waals surface area contributed by atoms with Gasteiger partial charge in [-0.3, -0.25) is 4.79 Å². The van der Waals surface area contributed by atoms with Gasteiger partial charge in [0.1, 0.15) is 23.7 Å². The summed E-state index contributed by atoms with van der Waals surface area (Å²) in [7, 11) is 0. The van der Waals surface area contributed by atoms with E-state index in [1.165, 1.54) is 17.2 Å². The van der Waals surface area contributed by atoms with Gasteiger partial charge in [0.25, 0.3) is 5.56 Å². The molecule has 0 amide bonds. The van der Waals surface area contributed by atoms with E-state index in [1.54, 1.807) is 0 Å². The average molecular weight is 448 g/mol. The highest BCUT2D eigenvalue weighted by Gasteiger charge is 2.46. The Hall–Kier alpha value is -3.37. The van der Waals surface area contributed by atoms with E-state index in [9.17, 15) is 9.90 Å². The van der Waals surface area contributed by atoms with E-state index >= 15 is 0 Å². The van der Waals surface area contributed by atoms with Crippen molar-refractivity contribution < 1.29 is 19.3 Å². The summed E-state index contributed by atoms with van der Waals surface area (Å²) >= 11 is 0. The highest BCUT2D eigenvalue weighted by Crippen LogP contribution is 2.33. The molecule has 9 nitrogen and oxygen atoms in total. The molecule has 3 heterocycles. The van der Waals surface area contributed by atoms with Crippen LogP contribution in [0.3, 0.4) is 0 Å². The molecule has 2 aromatic heterocycles. The van der Waals surface area contributed by atoms with Crippen LogP contribution in [0.15, 0.2) is 78.0 Å². The van der Waals surface area contributed by atoms with Crippen molar-refractivity contribution in [1.82, 2.24) is 19.7 Å². The summed E-state index contributed by atoms with van der Waals surface area (Å²) in [5, 5.41) is 15.7. The fourth-order valence-corrected chi connectivity index (χ4v) is 3.93. The van der Waals surface area contributed by atoms with Gasteiger partial charge in [-0.25, -0.2) is 9.67 Å². The molecular formula is C24H24N4O5. The second kappa shape index (κ2) is 9.63. The Bertz CT molecular complexity index is 1240. The van der Waals surface area contributed by atoms with E-state index in [1.807, 2.05) is 60.7 Å². The summed E-state index contributed by atoms with van der Waals surface area (Å²) in [6, 6.07) is 19.5. The molecule has 4 atom stereocenters. The molecule has 1 aliphatic heterocycles. The van der Waals surface area contributed by atoms with Crippen molar-refractivity contribution in [3.63, 3.8) is 0 Å². The van der Waals surface area contributed by atoms with E-state index in [4.69, 9.17) is 14.2 Å². The van der Waals surface area contributed by atoms with Crippen LogP contribution in [0.2, 0.25) is 0 Å². The summed E-state index contributed by atoms with van der Waals surface area (Å²) in [4.78, 5) is 18.9. The van der Waals surface area contributed by atoms with Gasteiger partial charge < -0.3 is 24.3 Å². The zero-order chi connectivity index (χ0) is 22.6. The van der Waals surface area contributed by atoms with Crippen molar-refractivity contribution in [3.05, 3.63) is 94.7 Å². The van der Waals surface area contributed by atoms with Gasteiger partial charge in [-0.1, -0.05) is 60.7 Å². The minimum absolute atomic E-state index is 0.172. The number of nitrogens with one attached hydrogen (secondary N) is 1. The van der Waals surface area contributed by atoms with E-state index < -0.39 is 24.5 Å². The minimum atomic E-state index is -0.962. The van der Waals surface area contributed by atoms with Gasteiger partial charge in [0, 0.05) is 0 Å². The molecule has 0 bridgehead atoms. The van der Waals surface area contributed by atoms with Crippen LogP contribution in [0.25, 0.3) is 11.0 Å². The average Bonchev–Trinajstić information content (AvgIpc) is 3.41. The van der Waals surface area contributed by atoms with Crippen LogP contribution >= 0.6 is 0 Å². The molecule has 0 aliphatic carbocycles. The summed E-state index contributed by atoms with van der Waals surface area (Å²) < 4.78 is 19.6. The minimum Gasteiger partial charge on any atom is -0.387 e. The fraction of sp³-hybridized carbons (Fsp3) is 0.292. The number of ether oxygens (including phenoxy) is 3. The number of aromatic nitrogens is 4. The van der Waals surface area contributed by atoms with Crippen molar-refractivity contribution in [2.45, 2.75) is 37.8 Å². The van der Waals surface area contributed by atoms with Crippen LogP contribution in [0.5, 0.6) is 0 Å². The lowest BCUT2D eigenvalue weighted by atomic mass is 10.1. The molecule has 33 heavy (non-hydrogen) atoms. The van der Waals surface area contributed by atoms with E-state index in [0.29, 0.717) is 17.6 Å². The highest BCUT2D eigenvalue weighted by molar-refractivity contribution is 5.72. The van der Waals surface area contributed by atoms with E-state index in [2.05, 4.69) is 15.1 Å². The molecular weight excluding hydrogens is 424 g/mol. The van der Waals surface area contributed by atoms with Crippen molar-refractivity contribution in [1.29, 1.82) is 0 Å². The molecule has 0 radical (unpaired) electrons. The fourth-order valence-electron chi connectivity index (χ4n) is 3.93. The number of benzene rings is 2. The zero-order valence-corrected chi connectivity index (χ0v) is 17.8. The van der Waals surface area contributed by atoms with Crippen molar-refractivity contribution >= 4 is 11.0 Å². The van der Waals surface area contributed by atoms with Gasteiger partial charge in [0.05, 0.1) is 32.3 Å². The van der Waals surface area contributed by atoms with Gasteiger partial charge >= 0.3 is 0 Å². The lowest BCUT2D eigenvalue weighted by molar-refractivity contribution is -0.0858. The van der Waals surface area contributed by atoms with Crippen molar-refractivity contribution in [3.8, 4) is 0 Å². The molecule has 1 fully saturated rings. The maximum Gasteiger partial charge on any atom is 0.261 e. The number of hydrogen-bond acceptors (Lipinski definition) is 7. The maximum atomic E-state index is 12.1. The topological polar surface area (TPSA) is 111 Å². The number of fused-ring (bicyclic) bond motifs is 1. The Morgan fingerprint density at radius 2 is 1.73 bits per heavy atom. The number of aliphatic hydroxyl groups excluding tert-OH is 1. The molecule has 5 rings (SSSR count). The van der Waals surface area contributed by atoms with Crippen LogP contribution < -0.4 is 5.56 Å². The standard InChI is InChI=1S/C24H24N4O5/c29-20-19(14-31-12-16-7-3-1-4-8-16)33-24(21(20)32-13-17-9-5-2-6-10-17)28-22-18(11-27-28)23(30)26-15-25-22/h1-11,15,19-21,24,29H,12-14H2,(H,25,26,30)/t19-,20-,21-,24-/m1/s1. The van der Waals surface area contributed by atoms with Gasteiger partial charge in [-0.15, -0.1) is 0 Å². The number of aromatic amines is 1. The predicted octanol–water partition coefficient (Wildman–Crippen LogP) is 2.18. The molecule has 2 aromatic carbocycles. The normalized spacial score (nSPS) is 22.7. The third-order valence-corrected chi connectivity index (χ3v) is 5.63. The lowest BCUT2D eigenvalue weighted by Crippen LogP contribution is -2.36. The third-order valence-electron chi connectivity index (χ3n) is 5.63. The number of H-pyrrole nitrogens is 1. The predicted molar refractivity (Wildman–Crippen MR) is 119 cm³/mol. The molecule has 1 aliphatic rings. The van der Waals surface area contributed by atoms with E-state index in [-0.39, 0.29) is 18.8 Å². The molecule has 2 N–H and O–H groups in total. The first-order valence-corrected chi connectivity index (χ1v) is 10.7. The molecule has 1 saturated heterocycles. The van der Waals surface area contributed by atoms with Crippen LogP contribution in [0, 0.1) is 0 Å². The number of aliphatic hydroxyl groups is 1. The zero-order valence-electron chi connectivity index (χ0n) is 17.8. The first kappa shape index (κ1) is 21.5. The summed E-state index contributed by atoms with van der Waals surface area (Å²) in [5.74, 6) is 0. The number of hydrogen-bond donors (Lipinski definition) is 2. The Labute approximate surface area is 189 Å². The molecule has 0 unspecified atom stereocenters. The van der Waals surface area contributed by atoms with Gasteiger partial charge in [-0.05, 0) is 11.1 Å². The van der Waals surface area contributed by atoms with E-state index in [0.717, 1.165) is 11.1 Å². The molecule has 9 heteroatoms. The molecule has 4 aromatic rings. The van der Waals surface area contributed by atoms with Crippen LogP contribution in [-0.4, -0.2) is 49.8 Å². The Kier molecular flexibility index (Phi) is 6.27. The summed E-state index contributed by atoms with van der Waals surface area (Å²) in [6.45, 7) is 0.855. The Morgan fingerprint density at radius 1 is 1.03 bits per heavy atom. The number of nitrogens with zero attached hydrogens (tertiary/aromatic N) is 3. The van der Waals surface area contributed by atoms with Gasteiger partial charge in [0.2, 0.25) is 0 Å². The molecule has 170 valence electrons. The lowest BCUT2D eigenvalue weighted by Gasteiger charge is -2.21. The second-order valence-electron chi connectivity index (χ2n) is 7.88. The van der Waals surface area contributed by atoms with Crippen LogP contribution in [0.4, 0.5) is 0 Å². The second-order valence-corrected chi connectivity index (χ2v) is 7.88. The maximum absolute atomic E-state index is 12.1. The van der Waals surface area contributed by atoms with Crippen molar-refractivity contribution in [2.24, 2.45) is 0 Å². The molecule has 0 saturated carbocycles. The summed E-state index contributed by atoms with van der Waals surface area (Å²) in [5.41, 5.74) is 2.05. The third kappa shape index (κ3) is 4.57. The van der Waals surface area contributed by atoms with Crippen LogP contribution in [-0.2, 0) is 27.4 Å². The van der Waals surface area contributed by atoms with Gasteiger partial charge in [0.15, 0.2) is 11.9 Å². The summed E-state index contributed by atoms with van der Waals surface area (Å²) in [6.07, 6.45) is -0.365. The quantitative estimate of drug-likeness (QED) is 0.425. The Balaban J connectivity index is 1.36. The number of rotatable bonds is 8. The largest absolute Gasteiger partial charge is 0.387 e. The first-order valence-electron chi connectivity index (χ1n) is 10.7. The molecule has 0 spiro atoms. The Morgan fingerprint density at radius 3 is 2.45 bits per heavy atom. The van der Waals surface area contributed by atoms with Gasteiger partial charge in [-0.2, -0.15) is 5.10 Å². The van der Waals surface area contributed by atoms with Crippen molar-refractivity contribution in [2.75, 3.05) is 6.61 Å². The SMILES string of the molecule is O=c1[nH]cnc2c1cnn2[C@@H]1O[C@H](COCc2ccccc2)[C@@H](O)[C@H]1OCc1ccccc1. The monoisotopic (exact) mass is 448 g/mol. The first-order chi connectivity index (χ1) is 16.2. The smallest absolute Gasteiger partial charge is 0.261 e.